The Hall–Kier alpha value is -2.52. The minimum absolute atomic E-state index is 0.0411. The molecule has 0 spiro atoms. The Kier molecular flexibility index (Phi) is 7.05. The van der Waals surface area contributed by atoms with E-state index in [0.29, 0.717) is 39.9 Å². The highest BCUT2D eigenvalue weighted by Crippen LogP contribution is 2.26. The molecular weight excluding hydrogens is 458 g/mol. The van der Waals surface area contributed by atoms with E-state index in [0.717, 1.165) is 0 Å². The molecule has 3 heterocycles. The fourth-order valence-electron chi connectivity index (χ4n) is 3.65. The molecule has 4 rings (SSSR count). The number of aromatic nitrogens is 3. The molecule has 10 heteroatoms. The molecule has 7 nitrogen and oxygen atoms in total. The van der Waals surface area contributed by atoms with Crippen LogP contribution in [0.15, 0.2) is 53.6 Å². The summed E-state index contributed by atoms with van der Waals surface area (Å²) >= 11 is 12.1. The third-order valence-corrected chi connectivity index (χ3v) is 5.72. The van der Waals surface area contributed by atoms with Crippen molar-refractivity contribution >= 4 is 29.2 Å². The van der Waals surface area contributed by atoms with Gasteiger partial charge in [0.25, 0.3) is 5.56 Å². The second-order valence-corrected chi connectivity index (χ2v) is 8.33. The van der Waals surface area contributed by atoms with Crippen molar-refractivity contribution in [3.05, 3.63) is 74.8 Å². The molecule has 0 unspecified atom stereocenters. The second-order valence-electron chi connectivity index (χ2n) is 7.46. The van der Waals surface area contributed by atoms with Gasteiger partial charge in [-0.2, -0.15) is 0 Å². The Morgan fingerprint density at radius 2 is 2.03 bits per heavy atom. The quantitative estimate of drug-likeness (QED) is 0.560. The molecule has 2 N–H and O–H groups in total. The average molecular weight is 479 g/mol. The van der Waals surface area contributed by atoms with Crippen LogP contribution in [0.25, 0.3) is 11.3 Å². The number of nitrogens with zero attached hydrogens (tertiary/aromatic N) is 3. The molecule has 1 saturated heterocycles. The first kappa shape index (κ1) is 22.7. The Morgan fingerprint density at radius 3 is 2.72 bits per heavy atom. The van der Waals surface area contributed by atoms with Gasteiger partial charge < -0.3 is 19.7 Å². The lowest BCUT2D eigenvalue weighted by molar-refractivity contribution is 0.0284. The van der Waals surface area contributed by atoms with Gasteiger partial charge in [0.15, 0.2) is 0 Å². The zero-order valence-corrected chi connectivity index (χ0v) is 18.4. The first-order valence-corrected chi connectivity index (χ1v) is 10.8. The third-order valence-electron chi connectivity index (χ3n) is 5.28. The monoisotopic (exact) mass is 478 g/mol. The van der Waals surface area contributed by atoms with E-state index in [-0.39, 0.29) is 24.7 Å². The lowest BCUT2D eigenvalue weighted by Gasteiger charge is -2.26. The van der Waals surface area contributed by atoms with Gasteiger partial charge in [0.2, 0.25) is 5.95 Å². The number of anilines is 1. The van der Waals surface area contributed by atoms with Crippen LogP contribution in [-0.4, -0.2) is 51.7 Å². The lowest BCUT2D eigenvalue weighted by Crippen LogP contribution is -2.39. The van der Waals surface area contributed by atoms with E-state index in [2.05, 4.69) is 15.3 Å². The number of halogens is 3. The Labute approximate surface area is 193 Å². The van der Waals surface area contributed by atoms with Crippen molar-refractivity contribution in [2.75, 3.05) is 25.1 Å². The summed E-state index contributed by atoms with van der Waals surface area (Å²) in [6.07, 6.45) is 2.50. The smallest absolute Gasteiger partial charge is 0.251 e. The van der Waals surface area contributed by atoms with Gasteiger partial charge >= 0.3 is 0 Å². The van der Waals surface area contributed by atoms with E-state index < -0.39 is 18.3 Å². The summed E-state index contributed by atoms with van der Waals surface area (Å²) in [7, 11) is 0. The molecule has 0 bridgehead atoms. The predicted octanol–water partition coefficient (Wildman–Crippen LogP) is 3.73. The van der Waals surface area contributed by atoms with Crippen molar-refractivity contribution in [3.63, 3.8) is 0 Å². The second kappa shape index (κ2) is 9.95. The number of rotatable bonds is 6. The van der Waals surface area contributed by atoms with Crippen molar-refractivity contribution in [1.29, 1.82) is 0 Å². The average Bonchev–Trinajstić information content (AvgIpc) is 2.76. The van der Waals surface area contributed by atoms with Gasteiger partial charge in [-0.15, -0.1) is 0 Å². The highest BCUT2D eigenvalue weighted by Gasteiger charge is 2.26. The van der Waals surface area contributed by atoms with E-state index in [1.165, 1.54) is 10.6 Å². The third kappa shape index (κ3) is 5.10. The maximum Gasteiger partial charge on any atom is 0.251 e. The SMILES string of the molecule is O=c1cc(-c2ccnc(N[C@H]3CCOC[C@H]3F)n2)ccn1[C@H](CO)c1cc(Cl)cc(Cl)c1. The lowest BCUT2D eigenvalue weighted by atomic mass is 10.1. The molecule has 0 amide bonds. The van der Waals surface area contributed by atoms with Gasteiger partial charge in [0.05, 0.1) is 31.0 Å². The summed E-state index contributed by atoms with van der Waals surface area (Å²) in [5.74, 6) is 0.281. The highest BCUT2D eigenvalue weighted by atomic mass is 35.5. The van der Waals surface area contributed by atoms with Crippen molar-refractivity contribution in [2.24, 2.45) is 0 Å². The highest BCUT2D eigenvalue weighted by molar-refractivity contribution is 6.34. The molecule has 168 valence electrons. The first-order chi connectivity index (χ1) is 15.4. The number of hydrogen-bond acceptors (Lipinski definition) is 6. The van der Waals surface area contributed by atoms with Crippen LogP contribution >= 0.6 is 23.2 Å². The fourth-order valence-corrected chi connectivity index (χ4v) is 4.19. The van der Waals surface area contributed by atoms with Crippen molar-refractivity contribution in [1.82, 2.24) is 14.5 Å². The van der Waals surface area contributed by atoms with Crippen LogP contribution in [0.3, 0.4) is 0 Å². The van der Waals surface area contributed by atoms with Crippen LogP contribution in [0.4, 0.5) is 10.3 Å². The Balaban J connectivity index is 1.60. The zero-order chi connectivity index (χ0) is 22.7. The number of aliphatic hydroxyl groups is 1. The molecule has 32 heavy (non-hydrogen) atoms. The van der Waals surface area contributed by atoms with E-state index in [9.17, 15) is 14.3 Å². The van der Waals surface area contributed by atoms with Gasteiger partial charge in [-0.25, -0.2) is 14.4 Å². The first-order valence-electron chi connectivity index (χ1n) is 10.1. The molecule has 0 radical (unpaired) electrons. The molecule has 3 aromatic rings. The molecule has 1 fully saturated rings. The number of aliphatic hydroxyl groups excluding tert-OH is 1. The van der Waals surface area contributed by atoms with Gasteiger partial charge in [0.1, 0.15) is 6.17 Å². The van der Waals surface area contributed by atoms with Gasteiger partial charge in [-0.05, 0) is 42.3 Å². The van der Waals surface area contributed by atoms with E-state index >= 15 is 0 Å². The molecule has 0 aliphatic carbocycles. The molecule has 1 aliphatic heterocycles. The van der Waals surface area contributed by atoms with Gasteiger partial charge in [-0.1, -0.05) is 23.2 Å². The summed E-state index contributed by atoms with van der Waals surface area (Å²) in [4.78, 5) is 21.5. The Bertz CT molecular complexity index is 1140. The summed E-state index contributed by atoms with van der Waals surface area (Å²) < 4.78 is 20.5. The largest absolute Gasteiger partial charge is 0.394 e. The van der Waals surface area contributed by atoms with Crippen LogP contribution in [-0.2, 0) is 4.74 Å². The molecule has 0 saturated carbocycles. The summed E-state index contributed by atoms with van der Waals surface area (Å²) in [5.41, 5.74) is 1.37. The van der Waals surface area contributed by atoms with Crippen molar-refractivity contribution < 1.29 is 14.2 Å². The van der Waals surface area contributed by atoms with E-state index in [4.69, 9.17) is 27.9 Å². The minimum Gasteiger partial charge on any atom is -0.394 e. The fraction of sp³-hybridized carbons (Fsp3) is 0.318. The molecule has 2 aromatic heterocycles. The summed E-state index contributed by atoms with van der Waals surface area (Å²) in [5, 5.41) is 13.8. The molecule has 1 aromatic carbocycles. The van der Waals surface area contributed by atoms with Crippen LogP contribution in [0, 0.1) is 0 Å². The summed E-state index contributed by atoms with van der Waals surface area (Å²) in [6, 6.07) is 8.63. The van der Waals surface area contributed by atoms with E-state index in [1.807, 2.05) is 0 Å². The Morgan fingerprint density at radius 1 is 1.25 bits per heavy atom. The maximum absolute atomic E-state index is 14.0. The van der Waals surface area contributed by atoms with Crippen LogP contribution in [0.5, 0.6) is 0 Å². The topological polar surface area (TPSA) is 89.3 Å². The molecule has 1 aliphatic rings. The van der Waals surface area contributed by atoms with Crippen LogP contribution in [0.2, 0.25) is 10.0 Å². The number of hydrogen-bond donors (Lipinski definition) is 2. The van der Waals surface area contributed by atoms with Crippen LogP contribution < -0.4 is 10.9 Å². The normalized spacial score (nSPS) is 19.5. The molecular formula is C22H21Cl2FN4O3. The molecule has 3 atom stereocenters. The van der Waals surface area contributed by atoms with Gasteiger partial charge in [0, 0.05) is 40.7 Å². The maximum atomic E-state index is 14.0. The van der Waals surface area contributed by atoms with Crippen LogP contribution in [0.1, 0.15) is 18.0 Å². The number of alkyl halides is 1. The van der Waals surface area contributed by atoms with Crippen molar-refractivity contribution in [3.8, 4) is 11.3 Å². The van der Waals surface area contributed by atoms with E-state index in [1.54, 1.807) is 42.7 Å². The van der Waals surface area contributed by atoms with Crippen molar-refractivity contribution in [2.45, 2.75) is 24.7 Å². The van der Waals surface area contributed by atoms with Gasteiger partial charge in [-0.3, -0.25) is 4.79 Å². The summed E-state index contributed by atoms with van der Waals surface area (Å²) in [6.45, 7) is 0.201. The standard InChI is InChI=1S/C22H21Cl2FN4O3/c23-15-7-14(8-16(24)10-15)20(11-30)29-5-2-13(9-21(29)31)18-1-4-26-22(27-18)28-19-3-6-32-12-17(19)25/h1-2,4-5,7-10,17,19-20,30H,3,6,11-12H2,(H,26,27,28)/t17-,19+,20-/m1/s1. The zero-order valence-electron chi connectivity index (χ0n) is 16.9. The number of benzene rings is 1. The number of pyridine rings is 1. The number of nitrogens with one attached hydrogen (secondary N) is 1. The minimum atomic E-state index is -1.14. The predicted molar refractivity (Wildman–Crippen MR) is 121 cm³/mol. The number of ether oxygens (including phenoxy) is 1.